The smallest absolute Gasteiger partial charge is 0.124 e. The van der Waals surface area contributed by atoms with Crippen LogP contribution in [0.4, 0.5) is 5.69 Å². The molecule has 4 heteroatoms. The minimum atomic E-state index is -0.0613. The van der Waals surface area contributed by atoms with Gasteiger partial charge in [0.2, 0.25) is 0 Å². The zero-order valence-electron chi connectivity index (χ0n) is 18.5. The van der Waals surface area contributed by atoms with Gasteiger partial charge in [-0.3, -0.25) is 0 Å². The zero-order chi connectivity index (χ0) is 21.3. The molecule has 0 saturated heterocycles. The van der Waals surface area contributed by atoms with E-state index >= 15 is 0 Å². The van der Waals surface area contributed by atoms with Crippen molar-refractivity contribution in [2.24, 2.45) is 5.92 Å². The van der Waals surface area contributed by atoms with Crippen LogP contribution in [0.3, 0.4) is 0 Å². The monoisotopic (exact) mass is 412 g/mol. The number of hydrogen-bond donors (Lipinski definition) is 1. The Labute approximate surface area is 182 Å². The normalized spacial score (nSPS) is 21.0. The van der Waals surface area contributed by atoms with Crippen molar-refractivity contribution < 1.29 is 9.47 Å². The third-order valence-electron chi connectivity index (χ3n) is 7.51. The molecular weight excluding hydrogens is 384 g/mol. The Kier molecular flexibility index (Phi) is 3.86. The molecule has 1 N–H and O–H groups in total. The molecule has 1 aromatic heterocycles. The van der Waals surface area contributed by atoms with Crippen molar-refractivity contribution in [2.45, 2.75) is 38.8 Å². The molecule has 0 bridgehead atoms. The van der Waals surface area contributed by atoms with Crippen LogP contribution in [0.1, 0.15) is 37.9 Å². The molecule has 2 atom stereocenters. The minimum Gasteiger partial charge on any atom is -0.497 e. The fraction of sp³-hybridized carbons (Fsp3) is 0.333. The van der Waals surface area contributed by atoms with Gasteiger partial charge in [0, 0.05) is 50.9 Å². The molecule has 158 valence electrons. The highest BCUT2D eigenvalue weighted by atomic mass is 16.5. The fourth-order valence-electron chi connectivity index (χ4n) is 5.95. The second-order valence-electron chi connectivity index (χ2n) is 9.31. The maximum absolute atomic E-state index is 6.27. The van der Waals surface area contributed by atoms with E-state index in [1.165, 1.54) is 38.6 Å². The summed E-state index contributed by atoms with van der Waals surface area (Å²) in [7, 11) is 1.72. The molecule has 3 aromatic carbocycles. The van der Waals surface area contributed by atoms with Gasteiger partial charge in [0.25, 0.3) is 0 Å². The molecule has 0 radical (unpaired) electrons. The first-order valence-corrected chi connectivity index (χ1v) is 11.2. The topological polar surface area (TPSA) is 35.4 Å². The van der Waals surface area contributed by atoms with Gasteiger partial charge in [-0.1, -0.05) is 32.0 Å². The van der Waals surface area contributed by atoms with E-state index in [2.05, 4.69) is 73.1 Å². The average molecular weight is 413 g/mol. The quantitative estimate of drug-likeness (QED) is 0.421. The van der Waals surface area contributed by atoms with Gasteiger partial charge in [0.1, 0.15) is 11.5 Å². The van der Waals surface area contributed by atoms with Crippen LogP contribution in [0.15, 0.2) is 54.6 Å². The number of methoxy groups -OCH3 is 1. The summed E-state index contributed by atoms with van der Waals surface area (Å²) in [5, 5.41) is 6.61. The van der Waals surface area contributed by atoms with Crippen LogP contribution in [0.2, 0.25) is 0 Å². The summed E-state index contributed by atoms with van der Waals surface area (Å²) in [6.07, 6.45) is 0. The Bertz CT molecular complexity index is 1330. The second kappa shape index (κ2) is 6.43. The number of benzene rings is 3. The number of nitrogens with zero attached hydrogens (tertiary/aromatic N) is 1. The molecule has 4 nitrogen and oxygen atoms in total. The Morgan fingerprint density at radius 2 is 1.94 bits per heavy atom. The molecule has 0 amide bonds. The maximum Gasteiger partial charge on any atom is 0.124 e. The zero-order valence-corrected chi connectivity index (χ0v) is 18.5. The molecule has 2 aliphatic heterocycles. The van der Waals surface area contributed by atoms with Crippen LogP contribution in [-0.2, 0) is 12.0 Å². The molecule has 6 rings (SSSR count). The van der Waals surface area contributed by atoms with Gasteiger partial charge in [0.05, 0.1) is 19.8 Å². The number of hydrogen-bond acceptors (Lipinski definition) is 3. The Hall–Kier alpha value is -3.14. The lowest BCUT2D eigenvalue weighted by Crippen LogP contribution is -2.46. The summed E-state index contributed by atoms with van der Waals surface area (Å²) < 4.78 is 14.2. The van der Waals surface area contributed by atoms with Gasteiger partial charge in [0.15, 0.2) is 0 Å². The van der Waals surface area contributed by atoms with Gasteiger partial charge < -0.3 is 19.4 Å². The Morgan fingerprint density at radius 3 is 2.74 bits per heavy atom. The third kappa shape index (κ3) is 2.42. The van der Waals surface area contributed by atoms with E-state index in [1.807, 2.05) is 12.1 Å². The van der Waals surface area contributed by atoms with E-state index in [9.17, 15) is 0 Å². The largest absolute Gasteiger partial charge is 0.497 e. The van der Waals surface area contributed by atoms with Gasteiger partial charge in [-0.25, -0.2) is 0 Å². The molecule has 0 spiro atoms. The van der Waals surface area contributed by atoms with Gasteiger partial charge >= 0.3 is 0 Å². The molecule has 0 fully saturated rings. The first kappa shape index (κ1) is 18.6. The Morgan fingerprint density at radius 1 is 1.10 bits per heavy atom. The lowest BCUT2D eigenvalue weighted by molar-refractivity contribution is 0.136. The van der Waals surface area contributed by atoms with Gasteiger partial charge in [-0.15, -0.1) is 0 Å². The van der Waals surface area contributed by atoms with Crippen molar-refractivity contribution in [1.29, 1.82) is 0 Å². The fourth-order valence-corrected chi connectivity index (χ4v) is 5.95. The molecule has 2 aliphatic rings. The molecule has 3 heterocycles. The predicted molar refractivity (Wildman–Crippen MR) is 126 cm³/mol. The highest BCUT2D eigenvalue weighted by Gasteiger charge is 2.47. The molecule has 0 saturated carbocycles. The second-order valence-corrected chi connectivity index (χ2v) is 9.31. The summed E-state index contributed by atoms with van der Waals surface area (Å²) in [6.45, 7) is 8.65. The molecule has 0 unspecified atom stereocenters. The number of aryl methyl sites for hydroxylation is 1. The van der Waals surface area contributed by atoms with E-state index in [4.69, 9.17) is 9.47 Å². The van der Waals surface area contributed by atoms with Crippen molar-refractivity contribution in [3.63, 3.8) is 0 Å². The number of nitrogens with one attached hydrogen (secondary N) is 1. The number of rotatable bonds is 2. The van der Waals surface area contributed by atoms with E-state index in [0.29, 0.717) is 12.5 Å². The maximum atomic E-state index is 6.27. The van der Waals surface area contributed by atoms with E-state index in [-0.39, 0.29) is 11.5 Å². The number of aromatic nitrogens is 1. The SMILES string of the molecule is CCn1c2ccccc2c2c3c(ccc21)N[C@H]1c2cc(OC)ccc2OC[C@H]1C3(C)C. The van der Waals surface area contributed by atoms with E-state index < -0.39 is 0 Å². The Balaban J connectivity index is 1.63. The van der Waals surface area contributed by atoms with Crippen LogP contribution in [0.25, 0.3) is 21.8 Å². The van der Waals surface area contributed by atoms with Crippen molar-refractivity contribution in [1.82, 2.24) is 4.57 Å². The van der Waals surface area contributed by atoms with Gasteiger partial charge in [-0.2, -0.15) is 0 Å². The van der Waals surface area contributed by atoms with Gasteiger partial charge in [-0.05, 0) is 48.9 Å². The van der Waals surface area contributed by atoms with Crippen LogP contribution in [-0.4, -0.2) is 18.3 Å². The molecule has 4 aromatic rings. The molecule has 31 heavy (non-hydrogen) atoms. The van der Waals surface area contributed by atoms with Crippen LogP contribution < -0.4 is 14.8 Å². The predicted octanol–water partition coefficient (Wildman–Crippen LogP) is 6.28. The summed E-state index contributed by atoms with van der Waals surface area (Å²) >= 11 is 0. The first-order valence-electron chi connectivity index (χ1n) is 11.2. The number of ether oxygens (including phenoxy) is 2. The summed E-state index contributed by atoms with van der Waals surface area (Å²) in [4.78, 5) is 0. The minimum absolute atomic E-state index is 0.0613. The highest BCUT2D eigenvalue weighted by Crippen LogP contribution is 2.55. The summed E-state index contributed by atoms with van der Waals surface area (Å²) in [5.41, 5.74) is 6.38. The van der Waals surface area contributed by atoms with Crippen molar-refractivity contribution in [3.05, 3.63) is 65.7 Å². The van der Waals surface area contributed by atoms with Crippen molar-refractivity contribution in [2.75, 3.05) is 19.0 Å². The number of anilines is 1. The first-order chi connectivity index (χ1) is 15.0. The molecular formula is C27H28N2O2. The molecule has 0 aliphatic carbocycles. The van der Waals surface area contributed by atoms with Crippen LogP contribution >= 0.6 is 0 Å². The lowest BCUT2D eigenvalue weighted by atomic mass is 9.64. The average Bonchev–Trinajstić information content (AvgIpc) is 3.11. The summed E-state index contributed by atoms with van der Waals surface area (Å²) in [5.74, 6) is 2.14. The van der Waals surface area contributed by atoms with Crippen LogP contribution in [0, 0.1) is 5.92 Å². The number of fused-ring (bicyclic) bond motifs is 8. The third-order valence-corrected chi connectivity index (χ3v) is 7.51. The van der Waals surface area contributed by atoms with Crippen molar-refractivity contribution in [3.8, 4) is 11.5 Å². The highest BCUT2D eigenvalue weighted by molar-refractivity contribution is 6.12. The van der Waals surface area contributed by atoms with Crippen molar-refractivity contribution >= 4 is 27.5 Å². The number of para-hydroxylation sites is 1. The standard InChI is InChI=1S/C27H28N2O2/c1-5-29-21-9-7-6-8-17(21)24-22(29)12-11-20-25(24)27(2,3)19-15-31-23-13-10-16(30-4)14-18(23)26(19)28-20/h6-14,19,26,28H,5,15H2,1-4H3/t19-,26+/m1/s1. The van der Waals surface area contributed by atoms with E-state index in [0.717, 1.165) is 18.0 Å². The lowest BCUT2D eigenvalue weighted by Gasteiger charge is -2.49. The van der Waals surface area contributed by atoms with Crippen LogP contribution in [0.5, 0.6) is 11.5 Å². The summed E-state index contributed by atoms with van der Waals surface area (Å²) in [6, 6.07) is 19.7. The van der Waals surface area contributed by atoms with E-state index in [1.54, 1.807) is 7.11 Å².